The number of nitrogens with zero attached hydrogens (tertiary/aromatic N) is 3. The van der Waals surface area contributed by atoms with Crippen LogP contribution in [0.4, 0.5) is 0 Å². The molecule has 6 heteroatoms. The molecule has 0 bridgehead atoms. The molecule has 28 heavy (non-hydrogen) atoms. The average molecular weight is 500 g/mol. The van der Waals surface area contributed by atoms with E-state index in [9.17, 15) is 0 Å². The Balaban J connectivity index is 0.00000280. The van der Waals surface area contributed by atoms with E-state index in [1.807, 2.05) is 0 Å². The van der Waals surface area contributed by atoms with Gasteiger partial charge in [-0.3, -0.25) is 9.89 Å². The summed E-state index contributed by atoms with van der Waals surface area (Å²) < 4.78 is 5.47. The van der Waals surface area contributed by atoms with E-state index in [1.54, 1.807) is 0 Å². The zero-order chi connectivity index (χ0) is 19.1. The molecule has 0 spiro atoms. The standard InChI is InChI=1S/C22H36N4O.HI/c1-4-23-22(24-15-19(3)21-7-5-6-18(2)14-21)26-9-8-20(17-26)16-25-10-12-27-13-11-25;/h5-7,14,19-20H,4,8-13,15-17H2,1-3H3,(H,23,24);1H. The lowest BCUT2D eigenvalue weighted by molar-refractivity contribution is 0.0315. The smallest absolute Gasteiger partial charge is 0.193 e. The molecule has 2 aliphatic rings. The van der Waals surface area contributed by atoms with Crippen molar-refractivity contribution in [3.63, 3.8) is 0 Å². The third-order valence-corrected chi connectivity index (χ3v) is 5.67. The summed E-state index contributed by atoms with van der Waals surface area (Å²) in [5.74, 6) is 2.26. The van der Waals surface area contributed by atoms with Gasteiger partial charge in [-0.2, -0.15) is 0 Å². The van der Waals surface area contributed by atoms with Gasteiger partial charge in [0.05, 0.1) is 13.2 Å². The van der Waals surface area contributed by atoms with Crippen LogP contribution >= 0.6 is 24.0 Å². The van der Waals surface area contributed by atoms with E-state index in [2.05, 4.69) is 60.2 Å². The number of halogens is 1. The van der Waals surface area contributed by atoms with Crippen molar-refractivity contribution in [3.05, 3.63) is 35.4 Å². The number of hydrogen-bond donors (Lipinski definition) is 1. The number of aryl methyl sites for hydroxylation is 1. The topological polar surface area (TPSA) is 40.1 Å². The van der Waals surface area contributed by atoms with Crippen LogP contribution in [0.3, 0.4) is 0 Å². The Morgan fingerprint density at radius 2 is 2.07 bits per heavy atom. The lowest BCUT2D eigenvalue weighted by Crippen LogP contribution is -2.42. The molecule has 3 rings (SSSR count). The van der Waals surface area contributed by atoms with Crippen molar-refractivity contribution in [2.75, 3.05) is 59.0 Å². The van der Waals surface area contributed by atoms with Gasteiger partial charge in [-0.15, -0.1) is 24.0 Å². The van der Waals surface area contributed by atoms with E-state index in [-0.39, 0.29) is 24.0 Å². The first-order chi connectivity index (χ1) is 13.2. The highest BCUT2D eigenvalue weighted by atomic mass is 127. The second-order valence-corrected chi connectivity index (χ2v) is 8.02. The number of morpholine rings is 1. The van der Waals surface area contributed by atoms with Gasteiger partial charge in [0, 0.05) is 51.7 Å². The Morgan fingerprint density at radius 1 is 1.29 bits per heavy atom. The minimum atomic E-state index is 0. The largest absolute Gasteiger partial charge is 0.379 e. The van der Waals surface area contributed by atoms with Crippen LogP contribution in [0.2, 0.25) is 0 Å². The highest BCUT2D eigenvalue weighted by Gasteiger charge is 2.27. The Morgan fingerprint density at radius 3 is 2.79 bits per heavy atom. The van der Waals surface area contributed by atoms with Crippen LogP contribution in [0.1, 0.15) is 37.3 Å². The summed E-state index contributed by atoms with van der Waals surface area (Å²) in [5, 5.41) is 3.51. The number of ether oxygens (including phenoxy) is 1. The molecular weight excluding hydrogens is 463 g/mol. The van der Waals surface area contributed by atoms with Crippen molar-refractivity contribution in [2.45, 2.75) is 33.1 Å². The van der Waals surface area contributed by atoms with E-state index < -0.39 is 0 Å². The summed E-state index contributed by atoms with van der Waals surface area (Å²) in [6, 6.07) is 8.80. The van der Waals surface area contributed by atoms with E-state index >= 15 is 0 Å². The number of hydrogen-bond acceptors (Lipinski definition) is 3. The number of rotatable bonds is 6. The van der Waals surface area contributed by atoms with E-state index in [1.165, 1.54) is 24.1 Å². The zero-order valence-corrected chi connectivity index (χ0v) is 20.0. The highest BCUT2D eigenvalue weighted by molar-refractivity contribution is 14.0. The maximum Gasteiger partial charge on any atom is 0.193 e. The fourth-order valence-corrected chi connectivity index (χ4v) is 4.05. The fourth-order valence-electron chi connectivity index (χ4n) is 4.05. The van der Waals surface area contributed by atoms with Crippen molar-refractivity contribution >= 4 is 29.9 Å². The van der Waals surface area contributed by atoms with Crippen molar-refractivity contribution in [3.8, 4) is 0 Å². The van der Waals surface area contributed by atoms with E-state index in [4.69, 9.17) is 9.73 Å². The van der Waals surface area contributed by atoms with Crippen LogP contribution in [0.15, 0.2) is 29.3 Å². The summed E-state index contributed by atoms with van der Waals surface area (Å²) in [6.07, 6.45) is 1.26. The van der Waals surface area contributed by atoms with Gasteiger partial charge in [0.2, 0.25) is 0 Å². The molecule has 2 aliphatic heterocycles. The van der Waals surface area contributed by atoms with Crippen molar-refractivity contribution in [2.24, 2.45) is 10.9 Å². The summed E-state index contributed by atoms with van der Waals surface area (Å²) >= 11 is 0. The maximum atomic E-state index is 5.47. The Kier molecular flexibility index (Phi) is 10.0. The van der Waals surface area contributed by atoms with Crippen LogP contribution in [-0.4, -0.2) is 74.8 Å². The quantitative estimate of drug-likeness (QED) is 0.370. The summed E-state index contributed by atoms with van der Waals surface area (Å²) in [5.41, 5.74) is 2.70. The van der Waals surface area contributed by atoms with Gasteiger partial charge in [0.25, 0.3) is 0 Å². The molecule has 1 aromatic rings. The second kappa shape index (κ2) is 12.0. The molecule has 158 valence electrons. The summed E-state index contributed by atoms with van der Waals surface area (Å²) in [7, 11) is 0. The van der Waals surface area contributed by atoms with Crippen LogP contribution in [-0.2, 0) is 4.74 Å². The van der Waals surface area contributed by atoms with Crippen LogP contribution in [0.25, 0.3) is 0 Å². The Labute approximate surface area is 187 Å². The molecule has 2 atom stereocenters. The van der Waals surface area contributed by atoms with Gasteiger partial charge in [-0.05, 0) is 31.7 Å². The number of benzene rings is 1. The minimum absolute atomic E-state index is 0. The van der Waals surface area contributed by atoms with Gasteiger partial charge in [0.15, 0.2) is 5.96 Å². The zero-order valence-electron chi connectivity index (χ0n) is 17.7. The highest BCUT2D eigenvalue weighted by Crippen LogP contribution is 2.20. The van der Waals surface area contributed by atoms with Crippen molar-refractivity contribution in [1.29, 1.82) is 0 Å². The fraction of sp³-hybridized carbons (Fsp3) is 0.682. The number of nitrogens with one attached hydrogen (secondary N) is 1. The first-order valence-corrected chi connectivity index (χ1v) is 10.6. The normalized spacial score (nSPS) is 22.0. The molecule has 2 saturated heterocycles. The van der Waals surface area contributed by atoms with Gasteiger partial charge in [-0.1, -0.05) is 36.8 Å². The SMILES string of the molecule is CCNC(=NCC(C)c1cccc(C)c1)N1CCC(CN2CCOCC2)C1.I. The molecule has 2 unspecified atom stereocenters. The van der Waals surface area contributed by atoms with Crippen LogP contribution < -0.4 is 5.32 Å². The van der Waals surface area contributed by atoms with Crippen LogP contribution in [0, 0.1) is 12.8 Å². The molecule has 0 aromatic heterocycles. The maximum absolute atomic E-state index is 5.47. The predicted molar refractivity (Wildman–Crippen MR) is 128 cm³/mol. The monoisotopic (exact) mass is 500 g/mol. The van der Waals surface area contributed by atoms with E-state index in [0.717, 1.165) is 64.4 Å². The number of guanidine groups is 1. The molecule has 2 heterocycles. The lowest BCUT2D eigenvalue weighted by atomic mass is 10.00. The lowest BCUT2D eigenvalue weighted by Gasteiger charge is -2.29. The second-order valence-electron chi connectivity index (χ2n) is 8.02. The minimum Gasteiger partial charge on any atom is -0.379 e. The predicted octanol–water partition coefficient (Wildman–Crippen LogP) is 3.34. The van der Waals surface area contributed by atoms with Crippen molar-refractivity contribution < 1.29 is 4.74 Å². The van der Waals surface area contributed by atoms with Crippen molar-refractivity contribution in [1.82, 2.24) is 15.1 Å². The third kappa shape index (κ3) is 6.88. The van der Waals surface area contributed by atoms with E-state index in [0.29, 0.717) is 5.92 Å². The van der Waals surface area contributed by atoms with Gasteiger partial charge >= 0.3 is 0 Å². The third-order valence-electron chi connectivity index (χ3n) is 5.67. The first-order valence-electron chi connectivity index (χ1n) is 10.6. The number of likely N-dealkylation sites (tertiary alicyclic amines) is 1. The van der Waals surface area contributed by atoms with Crippen LogP contribution in [0.5, 0.6) is 0 Å². The van der Waals surface area contributed by atoms with Gasteiger partial charge < -0.3 is 15.0 Å². The Bertz CT molecular complexity index is 618. The molecule has 5 nitrogen and oxygen atoms in total. The molecular formula is C22H37IN4O. The molecule has 0 amide bonds. The molecule has 0 aliphatic carbocycles. The molecule has 1 aromatic carbocycles. The van der Waals surface area contributed by atoms with Gasteiger partial charge in [0.1, 0.15) is 0 Å². The van der Waals surface area contributed by atoms with Gasteiger partial charge in [-0.25, -0.2) is 0 Å². The summed E-state index contributed by atoms with van der Waals surface area (Å²) in [6.45, 7) is 15.7. The molecule has 1 N–H and O–H groups in total. The Hall–Kier alpha value is -0.860. The first kappa shape index (κ1) is 23.4. The molecule has 0 radical (unpaired) electrons. The average Bonchev–Trinajstić information content (AvgIpc) is 3.14. The number of aliphatic imine (C=N–C) groups is 1. The molecule has 2 fully saturated rings. The summed E-state index contributed by atoms with van der Waals surface area (Å²) in [4.78, 5) is 9.99. The molecule has 0 saturated carbocycles.